The Bertz CT molecular complexity index is 538. The summed E-state index contributed by atoms with van der Waals surface area (Å²) in [6.07, 6.45) is 0. The van der Waals surface area contributed by atoms with Crippen molar-refractivity contribution in [1.29, 1.82) is 0 Å². The fraction of sp³-hybridized carbons (Fsp3) is 0.333. The van der Waals surface area contributed by atoms with Gasteiger partial charge in [0.25, 0.3) is 0 Å². The van der Waals surface area contributed by atoms with E-state index in [0.717, 1.165) is 17.0 Å². The van der Waals surface area contributed by atoms with Gasteiger partial charge in [-0.3, -0.25) is 0 Å². The minimum atomic E-state index is 0.0531. The molecule has 2 aromatic rings. The van der Waals surface area contributed by atoms with E-state index in [1.807, 2.05) is 18.2 Å². The number of hydrogen-bond acceptors (Lipinski definition) is 3. The SMILES string of the molecule is CCN(c1ccccc1C)C(CN)c1ccc(Br)o1. The van der Waals surface area contributed by atoms with Gasteiger partial charge in [-0.2, -0.15) is 0 Å². The first-order chi connectivity index (χ1) is 9.17. The van der Waals surface area contributed by atoms with Crippen LogP contribution in [0.2, 0.25) is 0 Å². The maximum absolute atomic E-state index is 5.96. The number of furan rings is 1. The van der Waals surface area contributed by atoms with Crippen LogP contribution in [0.15, 0.2) is 45.5 Å². The summed E-state index contributed by atoms with van der Waals surface area (Å²) in [4.78, 5) is 2.28. The number of rotatable bonds is 5. The van der Waals surface area contributed by atoms with Gasteiger partial charge in [0.1, 0.15) is 5.76 Å². The molecule has 0 radical (unpaired) electrons. The topological polar surface area (TPSA) is 42.4 Å². The van der Waals surface area contributed by atoms with Gasteiger partial charge >= 0.3 is 0 Å². The molecule has 102 valence electrons. The summed E-state index contributed by atoms with van der Waals surface area (Å²) >= 11 is 3.35. The van der Waals surface area contributed by atoms with Crippen molar-refractivity contribution in [3.8, 4) is 0 Å². The van der Waals surface area contributed by atoms with Crippen molar-refractivity contribution in [1.82, 2.24) is 0 Å². The molecule has 0 aliphatic carbocycles. The lowest BCUT2D eigenvalue weighted by Crippen LogP contribution is -2.33. The van der Waals surface area contributed by atoms with Crippen LogP contribution < -0.4 is 10.6 Å². The van der Waals surface area contributed by atoms with Crippen LogP contribution in [0.1, 0.15) is 24.3 Å². The second kappa shape index (κ2) is 6.26. The standard InChI is InChI=1S/C15H19BrN2O/c1-3-18(12-7-5-4-6-11(12)2)13(10-17)14-8-9-15(16)19-14/h4-9,13H,3,10,17H2,1-2H3. The molecule has 1 aromatic carbocycles. The quantitative estimate of drug-likeness (QED) is 0.908. The van der Waals surface area contributed by atoms with E-state index in [1.165, 1.54) is 11.3 Å². The molecule has 0 spiro atoms. The lowest BCUT2D eigenvalue weighted by molar-refractivity contribution is 0.438. The molecule has 0 aliphatic rings. The van der Waals surface area contributed by atoms with Gasteiger partial charge in [0.05, 0.1) is 6.04 Å². The zero-order chi connectivity index (χ0) is 13.8. The lowest BCUT2D eigenvalue weighted by atomic mass is 10.1. The summed E-state index contributed by atoms with van der Waals surface area (Å²) in [6.45, 7) is 5.64. The molecule has 3 nitrogen and oxygen atoms in total. The van der Waals surface area contributed by atoms with Gasteiger partial charge in [0, 0.05) is 18.8 Å². The number of para-hydroxylation sites is 1. The fourth-order valence-corrected chi connectivity index (χ4v) is 2.67. The van der Waals surface area contributed by atoms with Crippen molar-refractivity contribution in [3.63, 3.8) is 0 Å². The van der Waals surface area contributed by atoms with Crippen LogP contribution in [0.5, 0.6) is 0 Å². The highest BCUT2D eigenvalue weighted by Gasteiger charge is 2.22. The molecule has 0 fully saturated rings. The van der Waals surface area contributed by atoms with Crippen LogP contribution >= 0.6 is 15.9 Å². The van der Waals surface area contributed by atoms with Crippen molar-refractivity contribution in [3.05, 3.63) is 52.4 Å². The molecule has 0 aliphatic heterocycles. The maximum Gasteiger partial charge on any atom is 0.169 e. The van der Waals surface area contributed by atoms with Gasteiger partial charge in [-0.1, -0.05) is 18.2 Å². The Balaban J connectivity index is 2.37. The average molecular weight is 323 g/mol. The zero-order valence-electron chi connectivity index (χ0n) is 11.3. The number of benzene rings is 1. The predicted octanol–water partition coefficient (Wildman–Crippen LogP) is 3.88. The Kier molecular flexibility index (Phi) is 4.66. The van der Waals surface area contributed by atoms with Crippen LogP contribution in [0.25, 0.3) is 0 Å². The molecule has 0 saturated carbocycles. The van der Waals surface area contributed by atoms with Gasteiger partial charge in [-0.15, -0.1) is 0 Å². The molecular formula is C15H19BrN2O. The fourth-order valence-electron chi connectivity index (χ4n) is 2.35. The van der Waals surface area contributed by atoms with E-state index in [4.69, 9.17) is 10.2 Å². The number of hydrogen-bond donors (Lipinski definition) is 1. The van der Waals surface area contributed by atoms with E-state index in [0.29, 0.717) is 6.54 Å². The second-order valence-corrected chi connectivity index (χ2v) is 5.25. The molecule has 0 bridgehead atoms. The number of aryl methyl sites for hydroxylation is 1. The van der Waals surface area contributed by atoms with E-state index in [9.17, 15) is 0 Å². The molecule has 1 aromatic heterocycles. The van der Waals surface area contributed by atoms with Crippen LogP contribution in [0.3, 0.4) is 0 Å². The van der Waals surface area contributed by atoms with E-state index in [2.05, 4.69) is 52.9 Å². The molecule has 1 heterocycles. The highest BCUT2D eigenvalue weighted by atomic mass is 79.9. The Labute approximate surface area is 122 Å². The minimum absolute atomic E-state index is 0.0531. The molecule has 1 unspecified atom stereocenters. The van der Waals surface area contributed by atoms with Crippen LogP contribution in [0.4, 0.5) is 5.69 Å². The molecule has 2 N–H and O–H groups in total. The zero-order valence-corrected chi connectivity index (χ0v) is 12.9. The van der Waals surface area contributed by atoms with E-state index in [-0.39, 0.29) is 6.04 Å². The summed E-state index contributed by atoms with van der Waals surface area (Å²) in [7, 11) is 0. The molecule has 0 amide bonds. The van der Waals surface area contributed by atoms with E-state index >= 15 is 0 Å². The van der Waals surface area contributed by atoms with Gasteiger partial charge in [-0.05, 0) is 53.5 Å². The second-order valence-electron chi connectivity index (χ2n) is 4.47. The maximum atomic E-state index is 5.96. The van der Waals surface area contributed by atoms with Crippen molar-refractivity contribution in [2.75, 3.05) is 18.0 Å². The Morgan fingerprint density at radius 3 is 2.53 bits per heavy atom. The first-order valence-electron chi connectivity index (χ1n) is 6.45. The van der Waals surface area contributed by atoms with Crippen LogP contribution in [0, 0.1) is 6.92 Å². The molecule has 2 rings (SSSR count). The number of anilines is 1. The number of nitrogens with two attached hydrogens (primary N) is 1. The van der Waals surface area contributed by atoms with E-state index in [1.54, 1.807) is 0 Å². The van der Waals surface area contributed by atoms with Crippen molar-refractivity contribution in [2.24, 2.45) is 5.73 Å². The third kappa shape index (κ3) is 3.01. The highest BCUT2D eigenvalue weighted by molar-refractivity contribution is 9.10. The number of likely N-dealkylation sites (N-methyl/N-ethyl adjacent to an activating group) is 1. The highest BCUT2D eigenvalue weighted by Crippen LogP contribution is 2.30. The minimum Gasteiger partial charge on any atom is -0.452 e. The lowest BCUT2D eigenvalue weighted by Gasteiger charge is -2.31. The largest absolute Gasteiger partial charge is 0.452 e. The normalized spacial score (nSPS) is 12.4. The summed E-state index contributed by atoms with van der Waals surface area (Å²) in [5.41, 5.74) is 8.41. The molecule has 19 heavy (non-hydrogen) atoms. The molecular weight excluding hydrogens is 304 g/mol. The van der Waals surface area contributed by atoms with Gasteiger partial charge in [0.2, 0.25) is 0 Å². The van der Waals surface area contributed by atoms with Crippen LogP contribution in [-0.2, 0) is 0 Å². The first kappa shape index (κ1) is 14.2. The third-order valence-corrected chi connectivity index (χ3v) is 3.71. The Hall–Kier alpha value is -1.26. The Morgan fingerprint density at radius 2 is 2.00 bits per heavy atom. The molecule has 4 heteroatoms. The summed E-state index contributed by atoms with van der Waals surface area (Å²) in [5, 5.41) is 0. The Morgan fingerprint density at radius 1 is 1.26 bits per heavy atom. The van der Waals surface area contributed by atoms with E-state index < -0.39 is 0 Å². The van der Waals surface area contributed by atoms with Crippen LogP contribution in [-0.4, -0.2) is 13.1 Å². The molecule has 0 saturated heterocycles. The smallest absolute Gasteiger partial charge is 0.169 e. The average Bonchev–Trinajstić information content (AvgIpc) is 2.83. The third-order valence-electron chi connectivity index (χ3n) is 3.29. The first-order valence-corrected chi connectivity index (χ1v) is 7.24. The monoisotopic (exact) mass is 322 g/mol. The summed E-state index contributed by atoms with van der Waals surface area (Å²) in [5.74, 6) is 0.888. The van der Waals surface area contributed by atoms with Crippen molar-refractivity contribution in [2.45, 2.75) is 19.9 Å². The predicted molar refractivity (Wildman–Crippen MR) is 82.4 cm³/mol. The van der Waals surface area contributed by atoms with Crippen molar-refractivity contribution < 1.29 is 4.42 Å². The summed E-state index contributed by atoms with van der Waals surface area (Å²) < 4.78 is 6.41. The summed E-state index contributed by atoms with van der Waals surface area (Å²) in [6, 6.07) is 12.3. The van der Waals surface area contributed by atoms with Gasteiger partial charge in [-0.25, -0.2) is 0 Å². The van der Waals surface area contributed by atoms with Gasteiger partial charge in [0.15, 0.2) is 4.67 Å². The van der Waals surface area contributed by atoms with Crippen molar-refractivity contribution >= 4 is 21.6 Å². The number of halogens is 1. The molecule has 1 atom stereocenters. The number of nitrogens with zero attached hydrogens (tertiary/aromatic N) is 1. The van der Waals surface area contributed by atoms with Gasteiger partial charge < -0.3 is 15.1 Å².